The third kappa shape index (κ3) is 6.87. The molecule has 1 amide bonds. The molecule has 212 valence electrons. The van der Waals surface area contributed by atoms with E-state index in [0.717, 1.165) is 55.8 Å². The number of ether oxygens (including phenoxy) is 3. The molecule has 1 spiro atoms. The number of carbonyl (C=O) groups is 2. The average Bonchev–Trinajstić information content (AvgIpc) is 3.23. The number of halogens is 4. The Morgan fingerprint density at radius 1 is 1.21 bits per heavy atom. The van der Waals surface area contributed by atoms with Gasteiger partial charge in [0.2, 0.25) is 6.10 Å². The molecule has 2 aromatic carbocycles. The number of rotatable bonds is 8. The van der Waals surface area contributed by atoms with E-state index in [0.29, 0.717) is 18.1 Å². The number of likely N-dealkylation sites (tertiary alicyclic amines) is 1. The molecular formula is C26H28ClF3N2O7. The summed E-state index contributed by atoms with van der Waals surface area (Å²) in [6, 6.07) is 8.85. The van der Waals surface area contributed by atoms with E-state index < -0.39 is 30.3 Å². The molecule has 13 heteroatoms. The van der Waals surface area contributed by atoms with Crippen LogP contribution in [0.5, 0.6) is 17.2 Å². The zero-order valence-electron chi connectivity index (χ0n) is 21.0. The van der Waals surface area contributed by atoms with E-state index in [1.54, 1.807) is 6.07 Å². The van der Waals surface area contributed by atoms with E-state index in [9.17, 15) is 33.0 Å². The Hall–Kier alpha value is -3.22. The largest absolute Gasteiger partial charge is 0.508 e. The van der Waals surface area contributed by atoms with E-state index in [1.807, 2.05) is 17.0 Å². The Kier molecular flexibility index (Phi) is 8.48. The Balaban J connectivity index is 1.35. The topological polar surface area (TPSA) is 118 Å². The van der Waals surface area contributed by atoms with E-state index in [-0.39, 0.29) is 35.8 Å². The Morgan fingerprint density at radius 2 is 1.92 bits per heavy atom. The van der Waals surface area contributed by atoms with E-state index in [4.69, 9.17) is 21.1 Å². The summed E-state index contributed by atoms with van der Waals surface area (Å²) in [7, 11) is 1.16. The van der Waals surface area contributed by atoms with Crippen LogP contribution in [0.3, 0.4) is 0 Å². The zero-order chi connectivity index (χ0) is 28.4. The van der Waals surface area contributed by atoms with Crippen molar-refractivity contribution in [3.05, 3.63) is 52.5 Å². The second kappa shape index (κ2) is 11.5. The number of aromatic hydroxyl groups is 1. The molecule has 1 fully saturated rings. The highest BCUT2D eigenvalue weighted by Gasteiger charge is 2.44. The van der Waals surface area contributed by atoms with Crippen molar-refractivity contribution in [2.45, 2.75) is 43.2 Å². The Labute approximate surface area is 227 Å². The highest BCUT2D eigenvalue weighted by atomic mass is 35.5. The number of aliphatic hydroxyl groups is 1. The molecule has 0 aromatic heterocycles. The van der Waals surface area contributed by atoms with Crippen LogP contribution in [0, 0.1) is 0 Å². The number of benzene rings is 2. The molecule has 0 radical (unpaired) electrons. The minimum absolute atomic E-state index is 0.217. The number of fused-ring (bicyclic) bond motifs is 1. The van der Waals surface area contributed by atoms with Crippen molar-refractivity contribution in [2.24, 2.45) is 0 Å². The number of phenolic OH excluding ortho intramolecular Hbond substituents is 1. The summed E-state index contributed by atoms with van der Waals surface area (Å²) < 4.78 is 54.6. The van der Waals surface area contributed by atoms with Crippen molar-refractivity contribution in [1.29, 1.82) is 0 Å². The Bertz CT molecular complexity index is 1220. The number of amides is 1. The third-order valence-corrected chi connectivity index (χ3v) is 6.98. The van der Waals surface area contributed by atoms with Crippen LogP contribution in [0.1, 0.15) is 30.1 Å². The van der Waals surface area contributed by atoms with Crippen molar-refractivity contribution in [2.75, 3.05) is 33.3 Å². The van der Waals surface area contributed by atoms with Gasteiger partial charge < -0.3 is 34.6 Å². The van der Waals surface area contributed by atoms with Crippen molar-refractivity contribution in [3.63, 3.8) is 0 Å². The summed E-state index contributed by atoms with van der Waals surface area (Å²) >= 11 is 6.10. The van der Waals surface area contributed by atoms with Gasteiger partial charge in [-0.3, -0.25) is 4.79 Å². The number of alkyl halides is 3. The number of carbonyl (C=O) groups excluding carboxylic acids is 2. The van der Waals surface area contributed by atoms with Crippen molar-refractivity contribution < 1.29 is 47.2 Å². The minimum Gasteiger partial charge on any atom is -0.508 e. The number of hydrogen-bond donors (Lipinski definition) is 3. The summed E-state index contributed by atoms with van der Waals surface area (Å²) in [4.78, 5) is 25.7. The van der Waals surface area contributed by atoms with Crippen LogP contribution >= 0.6 is 11.6 Å². The first-order valence-electron chi connectivity index (χ1n) is 12.2. The lowest BCUT2D eigenvalue weighted by molar-refractivity contribution is -0.205. The number of phenols is 1. The van der Waals surface area contributed by atoms with Gasteiger partial charge in [-0.2, -0.15) is 13.2 Å². The van der Waals surface area contributed by atoms with E-state index >= 15 is 0 Å². The first kappa shape index (κ1) is 28.8. The fourth-order valence-corrected chi connectivity index (χ4v) is 4.98. The average molecular weight is 573 g/mol. The second-order valence-electron chi connectivity index (χ2n) is 9.60. The molecule has 4 rings (SSSR count). The molecule has 0 saturated carbocycles. The molecule has 2 heterocycles. The number of aliphatic hydroxyl groups excluding tert-OH is 1. The van der Waals surface area contributed by atoms with Gasteiger partial charge in [-0.25, -0.2) is 4.79 Å². The lowest BCUT2D eigenvalue weighted by atomic mass is 9.87. The third-order valence-electron chi connectivity index (χ3n) is 6.75. The normalized spacial score (nSPS) is 18.1. The molecule has 3 N–H and O–H groups in total. The summed E-state index contributed by atoms with van der Waals surface area (Å²) in [5.41, 5.74) is 0.529. The number of β-amino-alcohol motifs (C(OH)–C–C–N with tert-alkyl or cyclic N) is 1. The van der Waals surface area contributed by atoms with Gasteiger partial charge in [0.1, 0.15) is 35.6 Å². The number of nitrogens with one attached hydrogen (secondary N) is 1. The maximum absolute atomic E-state index is 12.8. The molecule has 39 heavy (non-hydrogen) atoms. The van der Waals surface area contributed by atoms with Gasteiger partial charge in [0.25, 0.3) is 5.91 Å². The van der Waals surface area contributed by atoms with Crippen LogP contribution < -0.4 is 14.8 Å². The molecule has 1 saturated heterocycles. The van der Waals surface area contributed by atoms with Gasteiger partial charge in [0.05, 0.1) is 0 Å². The first-order valence-corrected chi connectivity index (χ1v) is 12.6. The summed E-state index contributed by atoms with van der Waals surface area (Å²) in [6.45, 7) is 1.25. The SMILES string of the molecule is CNC(=O)C(OC(=O)C(F)(F)F)c1ccc(O)cc1OC[C@H](O)CN1CCC2(CC1)Cc1cc(Cl)ccc1O2. The summed E-state index contributed by atoms with van der Waals surface area (Å²) in [5.74, 6) is -3.29. The van der Waals surface area contributed by atoms with E-state index in [2.05, 4.69) is 10.1 Å². The standard InChI is InChI=1S/C26H28ClF3N2O7/c1-31-23(35)22(38-24(36)26(28,29)30)19-4-3-17(33)11-21(19)37-14-18(34)13-32-8-6-25(7-9-32)12-15-10-16(27)2-5-20(15)39-25/h2-5,10-11,18,22,33-34H,6-9,12-14H2,1H3,(H,31,35)/t18-,22?/m1/s1. The maximum atomic E-state index is 12.8. The predicted molar refractivity (Wildman–Crippen MR) is 133 cm³/mol. The highest BCUT2D eigenvalue weighted by molar-refractivity contribution is 6.30. The number of esters is 1. The molecule has 1 unspecified atom stereocenters. The predicted octanol–water partition coefficient (Wildman–Crippen LogP) is 3.15. The molecule has 2 atom stereocenters. The first-order chi connectivity index (χ1) is 18.4. The smallest absolute Gasteiger partial charge is 0.490 e. The van der Waals surface area contributed by atoms with Crippen LogP contribution in [-0.4, -0.2) is 78.2 Å². The summed E-state index contributed by atoms with van der Waals surface area (Å²) in [5, 5.41) is 23.3. The van der Waals surface area contributed by atoms with Gasteiger partial charge in [-0.1, -0.05) is 11.6 Å². The van der Waals surface area contributed by atoms with Crippen LogP contribution in [0.4, 0.5) is 13.2 Å². The van der Waals surface area contributed by atoms with Gasteiger partial charge in [0, 0.05) is 62.6 Å². The molecule has 0 bridgehead atoms. The van der Waals surface area contributed by atoms with Gasteiger partial charge in [-0.15, -0.1) is 0 Å². The fraction of sp³-hybridized carbons (Fsp3) is 0.462. The molecule has 9 nitrogen and oxygen atoms in total. The minimum atomic E-state index is -5.33. The highest BCUT2D eigenvalue weighted by Crippen LogP contribution is 2.42. The zero-order valence-corrected chi connectivity index (χ0v) is 21.7. The quantitative estimate of drug-likeness (QED) is 0.413. The number of hydrogen-bond acceptors (Lipinski definition) is 8. The lowest BCUT2D eigenvalue weighted by Crippen LogP contribution is -2.49. The number of likely N-dealkylation sites (N-methyl/N-ethyl adjacent to an activating group) is 1. The fourth-order valence-electron chi connectivity index (χ4n) is 4.79. The van der Waals surface area contributed by atoms with Crippen molar-refractivity contribution >= 4 is 23.5 Å². The molecule has 0 aliphatic carbocycles. The van der Waals surface area contributed by atoms with Crippen LogP contribution in [0.25, 0.3) is 0 Å². The molecular weight excluding hydrogens is 545 g/mol. The molecule has 2 aliphatic heterocycles. The van der Waals surface area contributed by atoms with Crippen LogP contribution in [-0.2, 0) is 20.7 Å². The van der Waals surface area contributed by atoms with Gasteiger partial charge in [0.15, 0.2) is 0 Å². The number of piperidine rings is 1. The van der Waals surface area contributed by atoms with Gasteiger partial charge >= 0.3 is 12.1 Å². The lowest BCUT2D eigenvalue weighted by Gasteiger charge is -2.39. The number of nitrogens with zero attached hydrogens (tertiary/aromatic N) is 1. The summed E-state index contributed by atoms with van der Waals surface area (Å²) in [6.07, 6.45) is -6.10. The van der Waals surface area contributed by atoms with Crippen LogP contribution in [0.15, 0.2) is 36.4 Å². The Morgan fingerprint density at radius 3 is 2.59 bits per heavy atom. The molecule has 2 aromatic rings. The van der Waals surface area contributed by atoms with Gasteiger partial charge in [-0.05, 0) is 35.9 Å². The van der Waals surface area contributed by atoms with Crippen molar-refractivity contribution in [1.82, 2.24) is 10.2 Å². The maximum Gasteiger partial charge on any atom is 0.490 e. The monoisotopic (exact) mass is 572 g/mol. The van der Waals surface area contributed by atoms with Crippen LogP contribution in [0.2, 0.25) is 5.02 Å². The van der Waals surface area contributed by atoms with E-state index in [1.165, 1.54) is 0 Å². The second-order valence-corrected chi connectivity index (χ2v) is 10.0. The van der Waals surface area contributed by atoms with Crippen molar-refractivity contribution in [3.8, 4) is 17.2 Å². The molecule has 2 aliphatic rings.